The first kappa shape index (κ1) is 17.3. The highest BCUT2D eigenvalue weighted by atomic mass is 16.5. The molecule has 0 spiro atoms. The molecule has 1 atom stereocenters. The minimum absolute atomic E-state index is 0.115. The van der Waals surface area contributed by atoms with Crippen molar-refractivity contribution >= 4 is 5.91 Å². The molecule has 140 valence electrons. The van der Waals surface area contributed by atoms with Gasteiger partial charge in [-0.3, -0.25) is 9.48 Å². The maximum atomic E-state index is 12.8. The molecule has 1 aliphatic rings. The van der Waals surface area contributed by atoms with Gasteiger partial charge in [-0.05, 0) is 30.3 Å². The molecule has 7 heteroatoms. The maximum absolute atomic E-state index is 12.8. The average Bonchev–Trinajstić information content (AvgIpc) is 3.36. The number of nitrogens with one attached hydrogen (secondary N) is 1. The Bertz CT molecular complexity index is 915. The molecule has 1 aromatic carbocycles. The van der Waals surface area contributed by atoms with E-state index in [1.165, 1.54) is 0 Å². The minimum Gasteiger partial charge on any atom is -0.497 e. The Morgan fingerprint density at radius 3 is 2.85 bits per heavy atom. The summed E-state index contributed by atoms with van der Waals surface area (Å²) in [6.45, 7) is 3.81. The molecular weight excluding hydrogens is 342 g/mol. The van der Waals surface area contributed by atoms with Gasteiger partial charge in [0.1, 0.15) is 11.6 Å². The van der Waals surface area contributed by atoms with Gasteiger partial charge in [-0.2, -0.15) is 5.10 Å². The first-order valence-corrected chi connectivity index (χ1v) is 9.12. The third-order valence-corrected chi connectivity index (χ3v) is 4.95. The van der Waals surface area contributed by atoms with Gasteiger partial charge in [-0.25, -0.2) is 4.98 Å². The predicted octanol–water partition coefficient (Wildman–Crippen LogP) is 2.50. The standard InChI is InChI=1S/C20H23N5O2/c1-14(12-25-10-3-9-21-25)20(26)24-11-8-17-18(13-24)23-19(22-17)15-4-6-16(27-2)7-5-15/h3-7,9-10,14H,8,11-13H2,1-2H3,(H,22,23)/t14-/m0/s1. The molecule has 27 heavy (non-hydrogen) atoms. The summed E-state index contributed by atoms with van der Waals surface area (Å²) in [5.41, 5.74) is 3.08. The van der Waals surface area contributed by atoms with Gasteiger partial charge in [0.05, 0.1) is 37.5 Å². The van der Waals surface area contributed by atoms with E-state index in [1.54, 1.807) is 18.0 Å². The molecule has 1 amide bonds. The van der Waals surface area contributed by atoms with Gasteiger partial charge in [-0.15, -0.1) is 0 Å². The SMILES string of the molecule is COc1ccc(-c2nc3c([nH]2)CN(C(=O)[C@@H](C)Cn2cccn2)CC3)cc1. The van der Waals surface area contributed by atoms with Crippen LogP contribution in [0.5, 0.6) is 5.75 Å². The lowest BCUT2D eigenvalue weighted by Crippen LogP contribution is -2.40. The van der Waals surface area contributed by atoms with Crippen LogP contribution in [-0.4, -0.2) is 44.2 Å². The Balaban J connectivity index is 1.46. The molecule has 7 nitrogen and oxygen atoms in total. The van der Waals surface area contributed by atoms with E-state index in [-0.39, 0.29) is 11.8 Å². The van der Waals surface area contributed by atoms with Crippen LogP contribution in [0.15, 0.2) is 42.7 Å². The van der Waals surface area contributed by atoms with Crippen molar-refractivity contribution in [2.24, 2.45) is 5.92 Å². The quantitative estimate of drug-likeness (QED) is 0.754. The smallest absolute Gasteiger partial charge is 0.227 e. The largest absolute Gasteiger partial charge is 0.497 e. The van der Waals surface area contributed by atoms with Gasteiger partial charge in [-0.1, -0.05) is 6.92 Å². The van der Waals surface area contributed by atoms with Crippen LogP contribution < -0.4 is 4.74 Å². The molecule has 4 rings (SSSR count). The number of ether oxygens (including phenoxy) is 1. The molecule has 0 saturated carbocycles. The summed E-state index contributed by atoms with van der Waals surface area (Å²) in [4.78, 5) is 22.8. The van der Waals surface area contributed by atoms with E-state index in [9.17, 15) is 4.79 Å². The number of carbonyl (C=O) groups excluding carboxylic acids is 1. The van der Waals surface area contributed by atoms with Crippen LogP contribution in [0.4, 0.5) is 0 Å². The first-order valence-electron chi connectivity index (χ1n) is 9.12. The molecule has 3 heterocycles. The second kappa shape index (κ2) is 7.26. The third-order valence-electron chi connectivity index (χ3n) is 4.95. The Labute approximate surface area is 158 Å². The highest BCUT2D eigenvalue weighted by Gasteiger charge is 2.27. The second-order valence-corrected chi connectivity index (χ2v) is 6.88. The van der Waals surface area contributed by atoms with Crippen molar-refractivity contribution in [3.63, 3.8) is 0 Å². The summed E-state index contributed by atoms with van der Waals surface area (Å²) in [6.07, 6.45) is 4.38. The van der Waals surface area contributed by atoms with E-state index >= 15 is 0 Å². The van der Waals surface area contributed by atoms with Crippen molar-refractivity contribution in [2.45, 2.75) is 26.4 Å². The molecule has 1 N–H and O–H groups in total. The van der Waals surface area contributed by atoms with Gasteiger partial charge in [0.15, 0.2) is 0 Å². The molecule has 0 radical (unpaired) electrons. The Morgan fingerprint density at radius 1 is 1.33 bits per heavy atom. The molecule has 3 aromatic rings. The molecule has 1 aliphatic heterocycles. The number of benzene rings is 1. The van der Waals surface area contributed by atoms with Crippen LogP contribution in [0, 0.1) is 5.92 Å². The molecule has 0 saturated heterocycles. The molecule has 0 unspecified atom stereocenters. The lowest BCUT2D eigenvalue weighted by molar-refractivity contribution is -0.136. The first-order chi connectivity index (χ1) is 13.1. The van der Waals surface area contributed by atoms with E-state index < -0.39 is 0 Å². The van der Waals surface area contributed by atoms with Crippen molar-refractivity contribution in [1.29, 1.82) is 0 Å². The zero-order valence-corrected chi connectivity index (χ0v) is 15.6. The van der Waals surface area contributed by atoms with Crippen LogP contribution in [0.2, 0.25) is 0 Å². The highest BCUT2D eigenvalue weighted by Crippen LogP contribution is 2.25. The summed E-state index contributed by atoms with van der Waals surface area (Å²) in [5, 5.41) is 4.19. The third kappa shape index (κ3) is 3.58. The van der Waals surface area contributed by atoms with Crippen molar-refractivity contribution < 1.29 is 9.53 Å². The van der Waals surface area contributed by atoms with Crippen LogP contribution in [0.3, 0.4) is 0 Å². The monoisotopic (exact) mass is 365 g/mol. The van der Waals surface area contributed by atoms with Crippen LogP contribution in [0.25, 0.3) is 11.4 Å². The van der Waals surface area contributed by atoms with Crippen molar-refractivity contribution in [3.05, 3.63) is 54.1 Å². The number of imidazole rings is 1. The summed E-state index contributed by atoms with van der Waals surface area (Å²) in [6, 6.07) is 9.68. The van der Waals surface area contributed by atoms with Crippen LogP contribution >= 0.6 is 0 Å². The van der Waals surface area contributed by atoms with Crippen molar-refractivity contribution in [2.75, 3.05) is 13.7 Å². The number of rotatable bonds is 5. The number of aromatic amines is 1. The lowest BCUT2D eigenvalue weighted by Gasteiger charge is -2.28. The summed E-state index contributed by atoms with van der Waals surface area (Å²) in [5.74, 6) is 1.69. The van der Waals surface area contributed by atoms with Crippen LogP contribution in [-0.2, 0) is 24.3 Å². The average molecular weight is 365 g/mol. The number of carbonyl (C=O) groups is 1. The molecule has 0 fully saturated rings. The molecular formula is C20H23N5O2. The van der Waals surface area contributed by atoms with E-state index in [4.69, 9.17) is 9.72 Å². The Kier molecular flexibility index (Phi) is 4.66. The van der Waals surface area contributed by atoms with Gasteiger partial charge in [0.25, 0.3) is 0 Å². The summed E-state index contributed by atoms with van der Waals surface area (Å²) < 4.78 is 7.01. The number of fused-ring (bicyclic) bond motifs is 1. The number of amides is 1. The minimum atomic E-state index is -0.115. The van der Waals surface area contributed by atoms with Gasteiger partial charge in [0, 0.05) is 30.9 Å². The fourth-order valence-electron chi connectivity index (χ4n) is 3.45. The number of H-pyrrole nitrogens is 1. The van der Waals surface area contributed by atoms with E-state index in [2.05, 4.69) is 10.1 Å². The number of nitrogens with zero attached hydrogens (tertiary/aromatic N) is 4. The normalized spacial score (nSPS) is 14.7. The second-order valence-electron chi connectivity index (χ2n) is 6.88. The van der Waals surface area contributed by atoms with E-state index in [0.29, 0.717) is 19.6 Å². The zero-order valence-electron chi connectivity index (χ0n) is 15.6. The van der Waals surface area contributed by atoms with Crippen LogP contribution in [0.1, 0.15) is 18.3 Å². The van der Waals surface area contributed by atoms with Gasteiger partial charge < -0.3 is 14.6 Å². The van der Waals surface area contributed by atoms with Crippen molar-refractivity contribution in [3.8, 4) is 17.1 Å². The number of aromatic nitrogens is 4. The summed E-state index contributed by atoms with van der Waals surface area (Å²) >= 11 is 0. The molecule has 2 aromatic heterocycles. The Morgan fingerprint density at radius 2 is 2.15 bits per heavy atom. The van der Waals surface area contributed by atoms with Gasteiger partial charge >= 0.3 is 0 Å². The zero-order chi connectivity index (χ0) is 18.8. The summed E-state index contributed by atoms with van der Waals surface area (Å²) in [7, 11) is 1.65. The lowest BCUT2D eigenvalue weighted by atomic mass is 10.1. The Hall–Kier alpha value is -3.09. The maximum Gasteiger partial charge on any atom is 0.227 e. The van der Waals surface area contributed by atoms with Gasteiger partial charge in [0.2, 0.25) is 5.91 Å². The van der Waals surface area contributed by atoms with E-state index in [1.807, 2.05) is 48.4 Å². The highest BCUT2D eigenvalue weighted by molar-refractivity contribution is 5.78. The topological polar surface area (TPSA) is 76.0 Å². The molecule has 0 aliphatic carbocycles. The van der Waals surface area contributed by atoms with Crippen molar-refractivity contribution in [1.82, 2.24) is 24.6 Å². The number of hydrogen-bond donors (Lipinski definition) is 1. The predicted molar refractivity (Wildman–Crippen MR) is 101 cm³/mol. The van der Waals surface area contributed by atoms with E-state index in [0.717, 1.165) is 34.9 Å². The fourth-order valence-corrected chi connectivity index (χ4v) is 3.45. The fraction of sp³-hybridized carbons (Fsp3) is 0.350. The molecule has 0 bridgehead atoms. The number of methoxy groups -OCH3 is 1. The number of hydrogen-bond acceptors (Lipinski definition) is 4.